The minimum Gasteiger partial charge on any atom is -0.317 e. The lowest BCUT2D eigenvalue weighted by atomic mass is 10.1. The molecule has 1 aliphatic rings. The fourth-order valence-electron chi connectivity index (χ4n) is 2.65. The van der Waals surface area contributed by atoms with E-state index in [1.165, 1.54) is 5.39 Å². The van der Waals surface area contributed by atoms with E-state index < -0.39 is 0 Å². The van der Waals surface area contributed by atoms with Crippen LogP contribution in [0.15, 0.2) is 42.5 Å². The van der Waals surface area contributed by atoms with Crippen LogP contribution in [-0.4, -0.2) is 17.0 Å². The number of aromatic nitrogens is 1. The van der Waals surface area contributed by atoms with Gasteiger partial charge in [-0.25, -0.2) is 0 Å². The van der Waals surface area contributed by atoms with E-state index in [0.29, 0.717) is 6.54 Å². The van der Waals surface area contributed by atoms with Crippen molar-refractivity contribution >= 4 is 27.6 Å². The van der Waals surface area contributed by atoms with Crippen LogP contribution in [0.5, 0.6) is 0 Å². The number of hydrogen-bond acceptors (Lipinski definition) is 2. The minimum atomic E-state index is 0.158. The van der Waals surface area contributed by atoms with Crippen LogP contribution in [0.25, 0.3) is 21.8 Å². The van der Waals surface area contributed by atoms with Crippen molar-refractivity contribution in [3.05, 3.63) is 48.0 Å². The topological polar surface area (TPSA) is 34.0 Å². The van der Waals surface area contributed by atoms with E-state index in [-0.39, 0.29) is 5.78 Å². The number of Topliss-reactive ketones (excluding diaryl/α,β-unsaturated/α-hetero) is 1. The van der Waals surface area contributed by atoms with Gasteiger partial charge in [-0.1, -0.05) is 30.3 Å². The first kappa shape index (κ1) is 8.82. The van der Waals surface area contributed by atoms with Crippen LogP contribution < -0.4 is 5.43 Å². The predicted octanol–water partition coefficient (Wildman–Crippen LogP) is 2.53. The number of hydrogen-bond donors (Lipinski definition) is 1. The Hall–Kier alpha value is -2.29. The third-order valence-electron chi connectivity index (χ3n) is 3.39. The Morgan fingerprint density at radius 3 is 2.76 bits per heavy atom. The SMILES string of the molecule is O=C1CNn2c3ccccc3c3cccc1c32. The van der Waals surface area contributed by atoms with Gasteiger partial charge in [0, 0.05) is 16.3 Å². The summed E-state index contributed by atoms with van der Waals surface area (Å²) >= 11 is 0. The van der Waals surface area contributed by atoms with E-state index in [9.17, 15) is 4.79 Å². The Labute approximate surface area is 97.6 Å². The van der Waals surface area contributed by atoms with E-state index >= 15 is 0 Å². The molecule has 0 unspecified atom stereocenters. The summed E-state index contributed by atoms with van der Waals surface area (Å²) in [5.41, 5.74) is 6.12. The van der Waals surface area contributed by atoms with Crippen molar-refractivity contribution in [2.45, 2.75) is 0 Å². The molecule has 3 nitrogen and oxygen atoms in total. The van der Waals surface area contributed by atoms with Gasteiger partial charge in [0.2, 0.25) is 0 Å². The highest BCUT2D eigenvalue weighted by Crippen LogP contribution is 2.31. The van der Waals surface area contributed by atoms with E-state index in [4.69, 9.17) is 0 Å². The Bertz CT molecular complexity index is 770. The molecule has 0 aliphatic carbocycles. The highest BCUT2D eigenvalue weighted by Gasteiger charge is 2.21. The number of fused-ring (bicyclic) bond motifs is 3. The lowest BCUT2D eigenvalue weighted by Gasteiger charge is -2.17. The number of ketones is 1. The lowest BCUT2D eigenvalue weighted by molar-refractivity contribution is 0.100. The first-order valence-electron chi connectivity index (χ1n) is 5.65. The third kappa shape index (κ3) is 0.984. The van der Waals surface area contributed by atoms with Crippen LogP contribution in [0.4, 0.5) is 0 Å². The second-order valence-electron chi connectivity index (χ2n) is 4.31. The average Bonchev–Trinajstić information content (AvgIpc) is 2.70. The van der Waals surface area contributed by atoms with Crippen molar-refractivity contribution in [1.82, 2.24) is 4.68 Å². The largest absolute Gasteiger partial charge is 0.317 e. The molecule has 0 bridgehead atoms. The molecule has 3 aromatic rings. The molecule has 0 radical (unpaired) electrons. The zero-order valence-electron chi connectivity index (χ0n) is 9.10. The van der Waals surface area contributed by atoms with Gasteiger partial charge in [-0.3, -0.25) is 9.47 Å². The number of rotatable bonds is 0. The van der Waals surface area contributed by atoms with Crippen LogP contribution in [0.2, 0.25) is 0 Å². The van der Waals surface area contributed by atoms with Gasteiger partial charge in [0.05, 0.1) is 17.6 Å². The molecule has 1 N–H and O–H groups in total. The first-order chi connectivity index (χ1) is 8.36. The highest BCUT2D eigenvalue weighted by molar-refractivity contribution is 6.18. The molecule has 17 heavy (non-hydrogen) atoms. The quantitative estimate of drug-likeness (QED) is 0.634. The summed E-state index contributed by atoms with van der Waals surface area (Å²) in [5, 5.41) is 2.32. The lowest BCUT2D eigenvalue weighted by Crippen LogP contribution is -2.28. The van der Waals surface area contributed by atoms with Crippen molar-refractivity contribution in [2.24, 2.45) is 0 Å². The fraction of sp³-hybridized carbons (Fsp3) is 0.0714. The maximum absolute atomic E-state index is 11.9. The predicted molar refractivity (Wildman–Crippen MR) is 68.0 cm³/mol. The molecule has 1 aliphatic heterocycles. The van der Waals surface area contributed by atoms with Crippen molar-refractivity contribution in [1.29, 1.82) is 0 Å². The van der Waals surface area contributed by atoms with Gasteiger partial charge >= 0.3 is 0 Å². The van der Waals surface area contributed by atoms with E-state index in [2.05, 4.69) is 23.6 Å². The van der Waals surface area contributed by atoms with Crippen LogP contribution in [0, 0.1) is 0 Å². The average molecular weight is 222 g/mol. The molecule has 1 aromatic heterocycles. The zero-order chi connectivity index (χ0) is 11.4. The van der Waals surface area contributed by atoms with E-state index in [0.717, 1.165) is 22.0 Å². The normalized spacial score (nSPS) is 14.2. The van der Waals surface area contributed by atoms with Crippen molar-refractivity contribution in [3.63, 3.8) is 0 Å². The Morgan fingerprint density at radius 1 is 1.00 bits per heavy atom. The molecule has 2 aromatic carbocycles. The van der Waals surface area contributed by atoms with Crippen molar-refractivity contribution in [3.8, 4) is 0 Å². The molecule has 0 saturated carbocycles. The number of benzene rings is 2. The maximum atomic E-state index is 11.9. The fourth-order valence-corrected chi connectivity index (χ4v) is 2.65. The summed E-state index contributed by atoms with van der Waals surface area (Å²) in [7, 11) is 0. The summed E-state index contributed by atoms with van der Waals surface area (Å²) in [4.78, 5) is 11.9. The Balaban J connectivity index is 2.35. The molecule has 0 saturated heterocycles. The number of carbonyl (C=O) groups is 1. The molecule has 0 fully saturated rings. The monoisotopic (exact) mass is 222 g/mol. The van der Waals surface area contributed by atoms with Gasteiger partial charge in [0.1, 0.15) is 0 Å². The van der Waals surface area contributed by atoms with Crippen LogP contribution in [0.1, 0.15) is 10.4 Å². The van der Waals surface area contributed by atoms with E-state index in [1.807, 2.05) is 28.9 Å². The van der Waals surface area contributed by atoms with Gasteiger partial charge in [0.15, 0.2) is 5.78 Å². The zero-order valence-corrected chi connectivity index (χ0v) is 9.10. The summed E-state index contributed by atoms with van der Waals surface area (Å²) in [6.45, 7) is 0.366. The van der Waals surface area contributed by atoms with Gasteiger partial charge in [-0.15, -0.1) is 0 Å². The highest BCUT2D eigenvalue weighted by atomic mass is 16.1. The van der Waals surface area contributed by atoms with Gasteiger partial charge in [0.25, 0.3) is 0 Å². The van der Waals surface area contributed by atoms with Crippen LogP contribution >= 0.6 is 0 Å². The van der Waals surface area contributed by atoms with Gasteiger partial charge in [-0.05, 0) is 12.1 Å². The number of nitrogens with one attached hydrogen (secondary N) is 1. The molecule has 0 amide bonds. The molecular weight excluding hydrogens is 212 g/mol. The first-order valence-corrected chi connectivity index (χ1v) is 5.65. The molecule has 0 spiro atoms. The Kier molecular flexibility index (Phi) is 1.50. The van der Waals surface area contributed by atoms with Crippen LogP contribution in [-0.2, 0) is 0 Å². The smallest absolute Gasteiger partial charge is 0.185 e. The standard InChI is InChI=1S/C14H10N2O/c17-13-8-15-16-12-7-2-1-4-9(12)10-5-3-6-11(13)14(10)16/h1-7,15H,8H2. The summed E-state index contributed by atoms with van der Waals surface area (Å²) in [6.07, 6.45) is 0. The molecular formula is C14H10N2O. The summed E-state index contributed by atoms with van der Waals surface area (Å²) in [5.74, 6) is 0.158. The summed E-state index contributed by atoms with van der Waals surface area (Å²) in [6, 6.07) is 14.1. The van der Waals surface area contributed by atoms with E-state index in [1.54, 1.807) is 0 Å². The molecule has 4 rings (SSSR count). The van der Waals surface area contributed by atoms with Crippen molar-refractivity contribution < 1.29 is 4.79 Å². The minimum absolute atomic E-state index is 0.158. The second kappa shape index (κ2) is 2.88. The van der Waals surface area contributed by atoms with Crippen molar-refractivity contribution in [2.75, 3.05) is 12.0 Å². The molecule has 82 valence electrons. The Morgan fingerprint density at radius 2 is 1.82 bits per heavy atom. The van der Waals surface area contributed by atoms with Crippen LogP contribution in [0.3, 0.4) is 0 Å². The third-order valence-corrected chi connectivity index (χ3v) is 3.39. The number of para-hydroxylation sites is 2. The summed E-state index contributed by atoms with van der Waals surface area (Å²) < 4.78 is 2.03. The second-order valence-corrected chi connectivity index (χ2v) is 4.31. The van der Waals surface area contributed by atoms with Gasteiger partial charge in [-0.2, -0.15) is 0 Å². The molecule has 2 heterocycles. The maximum Gasteiger partial charge on any atom is 0.185 e. The number of carbonyl (C=O) groups excluding carboxylic acids is 1. The molecule has 0 atom stereocenters. The van der Waals surface area contributed by atoms with Gasteiger partial charge < -0.3 is 5.43 Å². The molecule has 3 heteroatoms. The number of nitrogens with zero attached hydrogens (tertiary/aromatic N) is 1.